The first-order valence-corrected chi connectivity index (χ1v) is 12.6. The number of Topliss-reactive ketones (excluding diaryl/α,β-unsaturated/α-hetero) is 2. The summed E-state index contributed by atoms with van der Waals surface area (Å²) in [6.07, 6.45) is 5.28. The second kappa shape index (κ2) is 10.4. The van der Waals surface area contributed by atoms with Crippen molar-refractivity contribution < 1.29 is 23.8 Å². The molecule has 0 saturated heterocycles. The third kappa shape index (κ3) is 4.50. The Bertz CT molecular complexity index is 968. The molecule has 0 atom stereocenters. The van der Waals surface area contributed by atoms with E-state index < -0.39 is 0 Å². The number of ether oxygens (including phenoxy) is 3. The number of carbonyl (C=O) groups is 2. The number of methoxy groups -OCH3 is 2. The smallest absolute Gasteiger partial charge is 0.175 e. The zero-order valence-corrected chi connectivity index (χ0v) is 21.3. The van der Waals surface area contributed by atoms with Crippen LogP contribution in [0.2, 0.25) is 0 Å². The van der Waals surface area contributed by atoms with Crippen LogP contribution >= 0.6 is 15.9 Å². The summed E-state index contributed by atoms with van der Waals surface area (Å²) >= 11 is 3.64. The molecule has 6 nitrogen and oxygen atoms in total. The Hall–Kier alpha value is -2.12. The number of carbonyl (C=O) groups excluding carboxylic acids is 2. The minimum Gasteiger partial charge on any atom is -0.493 e. The summed E-state index contributed by atoms with van der Waals surface area (Å²) in [7, 11) is 3.31. The third-order valence-electron chi connectivity index (χ3n) is 6.69. The Morgan fingerprint density at radius 2 is 1.64 bits per heavy atom. The van der Waals surface area contributed by atoms with Gasteiger partial charge in [-0.1, -0.05) is 0 Å². The van der Waals surface area contributed by atoms with Gasteiger partial charge in [0.15, 0.2) is 23.1 Å². The molecule has 33 heavy (non-hydrogen) atoms. The van der Waals surface area contributed by atoms with Crippen LogP contribution in [0.15, 0.2) is 39.1 Å². The lowest BCUT2D eigenvalue weighted by atomic mass is 9.71. The highest BCUT2D eigenvalue weighted by Gasteiger charge is 2.43. The lowest BCUT2D eigenvalue weighted by molar-refractivity contribution is -0.117. The van der Waals surface area contributed by atoms with Crippen LogP contribution in [0.4, 0.5) is 0 Å². The quantitative estimate of drug-likeness (QED) is 0.435. The maximum Gasteiger partial charge on any atom is 0.175 e. The molecule has 0 saturated carbocycles. The van der Waals surface area contributed by atoms with Crippen molar-refractivity contribution >= 4 is 27.5 Å². The number of rotatable bonds is 8. The Morgan fingerprint density at radius 3 is 2.18 bits per heavy atom. The molecule has 0 radical (unpaired) electrons. The third-order valence-corrected chi connectivity index (χ3v) is 7.28. The largest absolute Gasteiger partial charge is 0.493 e. The van der Waals surface area contributed by atoms with Gasteiger partial charge in [-0.05, 0) is 72.7 Å². The van der Waals surface area contributed by atoms with E-state index in [4.69, 9.17) is 14.2 Å². The Morgan fingerprint density at radius 1 is 1.00 bits per heavy atom. The molecule has 1 heterocycles. The maximum absolute atomic E-state index is 13.4. The molecule has 4 rings (SSSR count). The highest BCUT2D eigenvalue weighted by molar-refractivity contribution is 9.10. The van der Waals surface area contributed by atoms with E-state index in [1.807, 2.05) is 19.1 Å². The second-order valence-electron chi connectivity index (χ2n) is 8.67. The van der Waals surface area contributed by atoms with E-state index in [0.717, 1.165) is 71.2 Å². The van der Waals surface area contributed by atoms with Crippen molar-refractivity contribution in [2.45, 2.75) is 57.8 Å². The average molecular weight is 518 g/mol. The molecule has 7 heteroatoms. The number of halogens is 1. The molecule has 1 aromatic rings. The van der Waals surface area contributed by atoms with Gasteiger partial charge in [-0.2, -0.15) is 0 Å². The van der Waals surface area contributed by atoms with E-state index in [1.54, 1.807) is 14.2 Å². The zero-order valence-electron chi connectivity index (χ0n) is 19.7. The zero-order chi connectivity index (χ0) is 23.5. The van der Waals surface area contributed by atoms with Crippen LogP contribution in [0, 0.1) is 0 Å². The van der Waals surface area contributed by atoms with E-state index in [0.29, 0.717) is 37.6 Å². The van der Waals surface area contributed by atoms with Crippen molar-refractivity contribution in [3.8, 4) is 11.5 Å². The van der Waals surface area contributed by atoms with Crippen molar-refractivity contribution in [1.82, 2.24) is 4.90 Å². The molecule has 0 spiro atoms. The molecule has 1 aromatic carbocycles. The Kier molecular flexibility index (Phi) is 7.59. The normalized spacial score (nSPS) is 19.1. The van der Waals surface area contributed by atoms with Crippen LogP contribution in [0.25, 0.3) is 0 Å². The SMILES string of the molecule is CCOc1c(Br)cc(C2C3=C(CCCC3=O)N(CCCOC)C3=C2C(=O)CCC3)cc1OC. The molecule has 2 aliphatic carbocycles. The fraction of sp³-hybridized carbons (Fsp3) is 0.538. The van der Waals surface area contributed by atoms with Crippen molar-refractivity contribution in [3.63, 3.8) is 0 Å². The van der Waals surface area contributed by atoms with Crippen LogP contribution < -0.4 is 9.47 Å². The fourth-order valence-corrected chi connectivity index (χ4v) is 5.95. The molecule has 0 amide bonds. The topological polar surface area (TPSA) is 65.1 Å². The monoisotopic (exact) mass is 517 g/mol. The van der Waals surface area contributed by atoms with Crippen molar-refractivity contribution in [2.75, 3.05) is 34.0 Å². The molecule has 1 aliphatic heterocycles. The molecular weight excluding hydrogens is 486 g/mol. The van der Waals surface area contributed by atoms with Gasteiger partial charge >= 0.3 is 0 Å². The van der Waals surface area contributed by atoms with Gasteiger partial charge in [-0.15, -0.1) is 0 Å². The first-order valence-electron chi connectivity index (χ1n) is 11.8. The van der Waals surface area contributed by atoms with E-state index in [-0.39, 0.29) is 17.5 Å². The molecule has 0 bridgehead atoms. The number of allylic oxidation sites excluding steroid dienone is 4. The summed E-state index contributed by atoms with van der Waals surface area (Å²) in [6, 6.07) is 3.91. The Balaban J connectivity index is 1.90. The predicted octanol–water partition coefficient (Wildman–Crippen LogP) is 5.31. The van der Waals surface area contributed by atoms with Gasteiger partial charge in [-0.25, -0.2) is 0 Å². The summed E-state index contributed by atoms with van der Waals surface area (Å²) in [6.45, 7) is 3.84. The molecular formula is C26H32BrNO5. The predicted molar refractivity (Wildman–Crippen MR) is 130 cm³/mol. The van der Waals surface area contributed by atoms with Gasteiger partial charge < -0.3 is 19.1 Å². The number of nitrogens with zero attached hydrogens (tertiary/aromatic N) is 1. The average Bonchev–Trinajstić information content (AvgIpc) is 2.81. The van der Waals surface area contributed by atoms with Gasteiger partial charge in [0.2, 0.25) is 0 Å². The van der Waals surface area contributed by atoms with Gasteiger partial charge in [0.25, 0.3) is 0 Å². The van der Waals surface area contributed by atoms with Gasteiger partial charge in [0.1, 0.15) is 0 Å². The van der Waals surface area contributed by atoms with Crippen molar-refractivity contribution in [2.24, 2.45) is 0 Å². The molecule has 0 unspecified atom stereocenters. The summed E-state index contributed by atoms with van der Waals surface area (Å²) in [5.74, 6) is 1.16. The van der Waals surface area contributed by atoms with E-state index in [9.17, 15) is 9.59 Å². The summed E-state index contributed by atoms with van der Waals surface area (Å²) in [5, 5.41) is 0. The van der Waals surface area contributed by atoms with Gasteiger partial charge in [-0.3, -0.25) is 9.59 Å². The number of benzene rings is 1. The lowest BCUT2D eigenvalue weighted by Crippen LogP contribution is -2.39. The standard InChI is InChI=1S/C26H32BrNO5/c1-4-33-26-17(27)14-16(15-22(26)32-3)23-24-18(8-5-10-20(24)29)28(12-7-13-31-2)19-9-6-11-21(30)25(19)23/h14-15,23H,4-13H2,1-3H3. The van der Waals surface area contributed by atoms with Crippen molar-refractivity contribution in [3.05, 3.63) is 44.7 Å². The molecule has 3 aliphatic rings. The molecule has 0 aromatic heterocycles. The van der Waals surface area contributed by atoms with Crippen LogP contribution in [0.5, 0.6) is 11.5 Å². The maximum atomic E-state index is 13.4. The second-order valence-corrected chi connectivity index (χ2v) is 9.53. The number of hydrogen-bond acceptors (Lipinski definition) is 6. The van der Waals surface area contributed by atoms with Gasteiger partial charge in [0.05, 0.1) is 18.2 Å². The van der Waals surface area contributed by atoms with E-state index >= 15 is 0 Å². The van der Waals surface area contributed by atoms with Crippen molar-refractivity contribution in [1.29, 1.82) is 0 Å². The highest BCUT2D eigenvalue weighted by Crippen LogP contribution is 2.51. The molecule has 0 N–H and O–H groups in total. The van der Waals surface area contributed by atoms with Gasteiger partial charge in [0, 0.05) is 61.6 Å². The van der Waals surface area contributed by atoms with Crippen LogP contribution in [0.1, 0.15) is 63.4 Å². The Labute approximate surface area is 204 Å². The number of ketones is 2. The first kappa shape index (κ1) is 24.0. The summed E-state index contributed by atoms with van der Waals surface area (Å²) in [5.41, 5.74) is 4.63. The van der Waals surface area contributed by atoms with E-state index in [2.05, 4.69) is 20.8 Å². The highest BCUT2D eigenvalue weighted by atomic mass is 79.9. The first-order chi connectivity index (χ1) is 16.0. The van der Waals surface area contributed by atoms with Crippen LogP contribution in [0.3, 0.4) is 0 Å². The molecule has 0 fully saturated rings. The minimum absolute atomic E-state index is 0.145. The van der Waals surface area contributed by atoms with Crippen LogP contribution in [-0.4, -0.2) is 50.4 Å². The minimum atomic E-state index is -0.366. The summed E-state index contributed by atoms with van der Waals surface area (Å²) in [4.78, 5) is 29.0. The summed E-state index contributed by atoms with van der Waals surface area (Å²) < 4.78 is 17.5. The van der Waals surface area contributed by atoms with Crippen LogP contribution in [-0.2, 0) is 14.3 Å². The lowest BCUT2D eigenvalue weighted by Gasteiger charge is -2.44. The fourth-order valence-electron chi connectivity index (χ4n) is 5.38. The number of hydrogen-bond donors (Lipinski definition) is 0. The molecule has 178 valence electrons. The van der Waals surface area contributed by atoms with E-state index in [1.165, 1.54) is 0 Å².